The van der Waals surface area contributed by atoms with Crippen molar-refractivity contribution < 1.29 is 19.4 Å². The van der Waals surface area contributed by atoms with E-state index < -0.39 is 5.97 Å². The number of carbonyl (C=O) groups excluding carboxylic acids is 1. The quantitative estimate of drug-likeness (QED) is 0.803. The first kappa shape index (κ1) is 12.4. The Morgan fingerprint density at radius 2 is 2.25 bits per heavy atom. The van der Waals surface area contributed by atoms with Gasteiger partial charge in [-0.2, -0.15) is 0 Å². The van der Waals surface area contributed by atoms with Gasteiger partial charge in [0, 0.05) is 4.88 Å². The van der Waals surface area contributed by atoms with Crippen LogP contribution < -0.4 is 0 Å². The third-order valence-corrected chi connectivity index (χ3v) is 2.75. The number of ether oxygens (including phenoxy) is 1. The molecular formula is C11H12O4S. The molecule has 1 aromatic rings. The summed E-state index contributed by atoms with van der Waals surface area (Å²) in [4.78, 5) is 22.7. The van der Waals surface area contributed by atoms with Crippen LogP contribution in [-0.2, 0) is 9.53 Å². The summed E-state index contributed by atoms with van der Waals surface area (Å²) in [6.45, 7) is 2.12. The summed E-state index contributed by atoms with van der Waals surface area (Å²) in [7, 11) is 0. The maximum absolute atomic E-state index is 11.0. The number of rotatable bonds is 5. The van der Waals surface area contributed by atoms with E-state index >= 15 is 0 Å². The molecule has 0 bridgehead atoms. The first-order chi connectivity index (χ1) is 7.63. The van der Waals surface area contributed by atoms with E-state index in [1.807, 2.05) is 0 Å². The van der Waals surface area contributed by atoms with E-state index in [1.165, 1.54) is 17.4 Å². The second-order valence-corrected chi connectivity index (χ2v) is 4.03. The second-order valence-electron chi connectivity index (χ2n) is 2.92. The molecular weight excluding hydrogens is 228 g/mol. The maximum Gasteiger partial charge on any atom is 0.345 e. The molecule has 0 radical (unpaired) electrons. The van der Waals surface area contributed by atoms with E-state index in [4.69, 9.17) is 9.84 Å². The minimum absolute atomic E-state index is 0.203. The van der Waals surface area contributed by atoms with Gasteiger partial charge in [0.15, 0.2) is 0 Å². The normalized spacial score (nSPS) is 10.6. The summed E-state index contributed by atoms with van der Waals surface area (Å²) in [6, 6.07) is 3.24. The van der Waals surface area contributed by atoms with E-state index in [1.54, 1.807) is 25.1 Å². The average Bonchev–Trinajstić information content (AvgIpc) is 2.67. The molecule has 1 heterocycles. The largest absolute Gasteiger partial charge is 0.477 e. The summed E-state index contributed by atoms with van der Waals surface area (Å²) >= 11 is 1.17. The summed E-state index contributed by atoms with van der Waals surface area (Å²) in [5, 5.41) is 8.69. The van der Waals surface area contributed by atoms with E-state index in [2.05, 4.69) is 0 Å². The molecule has 0 aliphatic heterocycles. The van der Waals surface area contributed by atoms with Gasteiger partial charge in [-0.3, -0.25) is 4.79 Å². The second kappa shape index (κ2) is 6.07. The van der Waals surface area contributed by atoms with E-state index in [-0.39, 0.29) is 17.3 Å². The van der Waals surface area contributed by atoms with Gasteiger partial charge in [0.2, 0.25) is 0 Å². The van der Waals surface area contributed by atoms with Gasteiger partial charge in [0.25, 0.3) is 0 Å². The van der Waals surface area contributed by atoms with Crippen molar-refractivity contribution in [3.8, 4) is 0 Å². The summed E-state index contributed by atoms with van der Waals surface area (Å²) in [6.07, 6.45) is 3.58. The van der Waals surface area contributed by atoms with Gasteiger partial charge in [-0.25, -0.2) is 4.79 Å². The predicted molar refractivity (Wildman–Crippen MR) is 61.6 cm³/mol. The number of thiophene rings is 1. The van der Waals surface area contributed by atoms with Crippen LogP contribution >= 0.6 is 11.3 Å². The average molecular weight is 240 g/mol. The summed E-state index contributed by atoms with van der Waals surface area (Å²) < 4.78 is 4.74. The zero-order valence-electron chi connectivity index (χ0n) is 8.80. The van der Waals surface area contributed by atoms with E-state index in [0.29, 0.717) is 6.61 Å². The molecule has 0 atom stereocenters. The molecule has 0 aliphatic carbocycles. The van der Waals surface area contributed by atoms with Crippen LogP contribution in [-0.4, -0.2) is 23.7 Å². The van der Waals surface area contributed by atoms with Crippen molar-refractivity contribution in [1.82, 2.24) is 0 Å². The zero-order chi connectivity index (χ0) is 12.0. The molecule has 0 aliphatic rings. The van der Waals surface area contributed by atoms with Crippen LogP contribution in [0.3, 0.4) is 0 Å². The van der Waals surface area contributed by atoms with Gasteiger partial charge in [0.1, 0.15) is 4.88 Å². The van der Waals surface area contributed by atoms with Crippen molar-refractivity contribution in [3.63, 3.8) is 0 Å². The van der Waals surface area contributed by atoms with Gasteiger partial charge in [-0.05, 0) is 25.1 Å². The summed E-state index contributed by atoms with van der Waals surface area (Å²) in [5.41, 5.74) is 0. The molecule has 5 heteroatoms. The zero-order valence-corrected chi connectivity index (χ0v) is 9.62. The molecule has 4 nitrogen and oxygen atoms in total. The first-order valence-corrected chi connectivity index (χ1v) is 5.60. The Bertz CT molecular complexity index is 406. The van der Waals surface area contributed by atoms with Crippen LogP contribution in [0.4, 0.5) is 0 Å². The Morgan fingerprint density at radius 3 is 2.81 bits per heavy atom. The number of esters is 1. The topological polar surface area (TPSA) is 63.6 Å². The molecule has 0 saturated heterocycles. The van der Waals surface area contributed by atoms with Crippen LogP contribution in [0.1, 0.15) is 27.9 Å². The highest BCUT2D eigenvalue weighted by Gasteiger charge is 2.04. The van der Waals surface area contributed by atoms with E-state index in [0.717, 1.165) is 4.88 Å². The lowest BCUT2D eigenvalue weighted by atomic mass is 10.3. The fraction of sp³-hybridized carbons (Fsp3) is 0.273. The minimum Gasteiger partial charge on any atom is -0.477 e. The number of carbonyl (C=O) groups is 2. The van der Waals surface area contributed by atoms with E-state index in [9.17, 15) is 9.59 Å². The van der Waals surface area contributed by atoms with Gasteiger partial charge < -0.3 is 9.84 Å². The highest BCUT2D eigenvalue weighted by molar-refractivity contribution is 7.14. The fourth-order valence-corrected chi connectivity index (χ4v) is 1.83. The fourth-order valence-electron chi connectivity index (χ4n) is 1.05. The highest BCUT2D eigenvalue weighted by atomic mass is 32.1. The smallest absolute Gasteiger partial charge is 0.345 e. The number of carboxylic acid groups (broad SMARTS) is 1. The molecule has 1 N–H and O–H groups in total. The molecule has 0 saturated carbocycles. The summed E-state index contributed by atoms with van der Waals surface area (Å²) in [5.74, 6) is -1.22. The number of aromatic carboxylic acids is 1. The Labute approximate surface area is 97.2 Å². The third kappa shape index (κ3) is 3.86. The Balaban J connectivity index is 2.50. The van der Waals surface area contributed by atoms with Gasteiger partial charge in [-0.15, -0.1) is 11.3 Å². The maximum atomic E-state index is 11.0. The molecule has 0 unspecified atom stereocenters. The minimum atomic E-state index is -0.935. The standard InChI is InChI=1S/C11H12O4S/c1-2-15-10(12)5-3-4-8-6-7-9(16-8)11(13)14/h3-4,6-7H,2,5H2,1H3,(H,13,14). The molecule has 0 aromatic carbocycles. The van der Waals surface area contributed by atoms with Crippen LogP contribution in [0.2, 0.25) is 0 Å². The lowest BCUT2D eigenvalue weighted by Gasteiger charge is -1.95. The molecule has 86 valence electrons. The van der Waals surface area contributed by atoms with Crippen molar-refractivity contribution in [2.24, 2.45) is 0 Å². The van der Waals surface area contributed by atoms with Crippen molar-refractivity contribution in [2.45, 2.75) is 13.3 Å². The van der Waals surface area contributed by atoms with Crippen LogP contribution in [0, 0.1) is 0 Å². The van der Waals surface area contributed by atoms with Crippen LogP contribution in [0.25, 0.3) is 6.08 Å². The third-order valence-electron chi connectivity index (χ3n) is 1.71. The van der Waals surface area contributed by atoms with Crippen LogP contribution in [0.5, 0.6) is 0 Å². The van der Waals surface area contributed by atoms with Gasteiger partial charge in [0.05, 0.1) is 13.0 Å². The Morgan fingerprint density at radius 1 is 1.50 bits per heavy atom. The SMILES string of the molecule is CCOC(=O)CC=Cc1ccc(C(=O)O)s1. The highest BCUT2D eigenvalue weighted by Crippen LogP contribution is 2.17. The Hall–Kier alpha value is -1.62. The van der Waals surface area contributed by atoms with Gasteiger partial charge >= 0.3 is 11.9 Å². The van der Waals surface area contributed by atoms with Gasteiger partial charge in [-0.1, -0.05) is 6.08 Å². The number of carboxylic acids is 1. The number of hydrogen-bond donors (Lipinski definition) is 1. The lowest BCUT2D eigenvalue weighted by molar-refractivity contribution is -0.142. The molecule has 0 fully saturated rings. The van der Waals surface area contributed by atoms with Crippen molar-refractivity contribution in [2.75, 3.05) is 6.61 Å². The molecule has 0 spiro atoms. The van der Waals surface area contributed by atoms with Crippen LogP contribution in [0.15, 0.2) is 18.2 Å². The molecule has 16 heavy (non-hydrogen) atoms. The first-order valence-electron chi connectivity index (χ1n) is 4.78. The van der Waals surface area contributed by atoms with Crippen molar-refractivity contribution in [1.29, 1.82) is 0 Å². The van der Waals surface area contributed by atoms with Crippen molar-refractivity contribution in [3.05, 3.63) is 28.0 Å². The molecule has 1 rings (SSSR count). The monoisotopic (exact) mass is 240 g/mol. The lowest BCUT2D eigenvalue weighted by Crippen LogP contribution is -2.01. The predicted octanol–water partition coefficient (Wildman–Crippen LogP) is 2.41. The molecule has 1 aromatic heterocycles. The Kier molecular flexibility index (Phi) is 4.72. The number of hydrogen-bond acceptors (Lipinski definition) is 4. The molecule has 0 amide bonds. The van der Waals surface area contributed by atoms with Crippen molar-refractivity contribution >= 4 is 29.4 Å².